The lowest BCUT2D eigenvalue weighted by Gasteiger charge is -2.26. The highest BCUT2D eigenvalue weighted by molar-refractivity contribution is 5.00. The van der Waals surface area contributed by atoms with Crippen molar-refractivity contribution >= 4 is 0 Å². The summed E-state index contributed by atoms with van der Waals surface area (Å²) in [7, 11) is 0. The minimum absolute atomic E-state index is 0.535. The fraction of sp³-hybridized carbons (Fsp3) is 0.867. The van der Waals surface area contributed by atoms with E-state index in [0.717, 1.165) is 5.92 Å². The predicted molar refractivity (Wildman–Crippen MR) is 71.1 cm³/mol. The number of hydrogen-bond donors (Lipinski definition) is 0. The summed E-state index contributed by atoms with van der Waals surface area (Å²) in [6.45, 7) is 13.9. The lowest BCUT2D eigenvalue weighted by molar-refractivity contribution is 0.284. The Morgan fingerprint density at radius 2 is 1.87 bits per heavy atom. The van der Waals surface area contributed by atoms with Crippen LogP contribution in [0.5, 0.6) is 0 Å². The zero-order valence-corrected chi connectivity index (χ0v) is 11.7. The molecule has 0 bridgehead atoms. The highest BCUT2D eigenvalue weighted by Gasteiger charge is 2.19. The van der Waals surface area contributed by atoms with E-state index >= 15 is 0 Å². The minimum Gasteiger partial charge on any atom is -0.0851 e. The van der Waals surface area contributed by atoms with Gasteiger partial charge >= 0.3 is 0 Å². The molecule has 90 valence electrons. The van der Waals surface area contributed by atoms with Gasteiger partial charge in [-0.3, -0.25) is 0 Å². The van der Waals surface area contributed by atoms with Crippen LogP contribution in [-0.2, 0) is 0 Å². The molecule has 0 aliphatic carbocycles. The Balaban J connectivity index is 4.19. The van der Waals surface area contributed by atoms with Crippen molar-refractivity contribution in [1.29, 1.82) is 0 Å². The van der Waals surface area contributed by atoms with Crippen molar-refractivity contribution in [3.8, 4) is 0 Å². The Morgan fingerprint density at radius 3 is 2.27 bits per heavy atom. The van der Waals surface area contributed by atoms with Crippen LogP contribution in [0.3, 0.4) is 0 Å². The van der Waals surface area contributed by atoms with E-state index in [4.69, 9.17) is 0 Å². The topological polar surface area (TPSA) is 0 Å². The van der Waals surface area contributed by atoms with Gasteiger partial charge in [0.15, 0.2) is 0 Å². The molecule has 0 amide bonds. The molecule has 1 unspecified atom stereocenters. The molecule has 1 atom stereocenters. The summed E-state index contributed by atoms with van der Waals surface area (Å²) >= 11 is 0. The summed E-state index contributed by atoms with van der Waals surface area (Å²) < 4.78 is 0. The first kappa shape index (κ1) is 14.7. The van der Waals surface area contributed by atoms with E-state index < -0.39 is 0 Å². The van der Waals surface area contributed by atoms with E-state index in [1.165, 1.54) is 32.1 Å². The second kappa shape index (κ2) is 7.09. The molecular weight excluding hydrogens is 180 g/mol. The Morgan fingerprint density at radius 1 is 1.27 bits per heavy atom. The van der Waals surface area contributed by atoms with Crippen LogP contribution in [-0.4, -0.2) is 0 Å². The van der Waals surface area contributed by atoms with Gasteiger partial charge in [-0.05, 0) is 37.5 Å². The summed E-state index contributed by atoms with van der Waals surface area (Å²) in [6.07, 6.45) is 8.95. The molecule has 0 aromatic heterocycles. The lowest BCUT2D eigenvalue weighted by atomic mass is 9.79. The molecule has 0 nitrogen and oxygen atoms in total. The molecule has 0 aliphatic heterocycles. The number of allylic oxidation sites excluding steroid dienone is 2. The monoisotopic (exact) mass is 210 g/mol. The number of rotatable bonds is 7. The molecule has 0 saturated carbocycles. The van der Waals surface area contributed by atoms with Crippen molar-refractivity contribution in [3.05, 3.63) is 11.6 Å². The minimum atomic E-state index is 0.535. The van der Waals surface area contributed by atoms with Crippen molar-refractivity contribution < 1.29 is 0 Å². The molecule has 0 rings (SSSR count). The van der Waals surface area contributed by atoms with Gasteiger partial charge in [0, 0.05) is 0 Å². The molecule has 0 fully saturated rings. The van der Waals surface area contributed by atoms with Crippen molar-refractivity contribution in [3.63, 3.8) is 0 Å². The predicted octanol–water partition coefficient (Wildman–Crippen LogP) is 5.59. The SMILES string of the molecule is CCCC(C)(CC)CC=C(C)CC(C)C. The molecule has 0 saturated heterocycles. The summed E-state index contributed by atoms with van der Waals surface area (Å²) in [4.78, 5) is 0. The summed E-state index contributed by atoms with van der Waals surface area (Å²) in [5.74, 6) is 0.792. The van der Waals surface area contributed by atoms with Gasteiger partial charge < -0.3 is 0 Å². The molecule has 0 spiro atoms. The van der Waals surface area contributed by atoms with Gasteiger partial charge in [0.1, 0.15) is 0 Å². The molecule has 0 aliphatic rings. The molecule has 0 N–H and O–H groups in total. The smallest absolute Gasteiger partial charge is 0.0294 e. The average Bonchev–Trinajstić information content (AvgIpc) is 2.14. The molecule has 0 heterocycles. The lowest BCUT2D eigenvalue weighted by Crippen LogP contribution is -2.13. The fourth-order valence-corrected chi connectivity index (χ4v) is 2.17. The highest BCUT2D eigenvalue weighted by Crippen LogP contribution is 2.32. The van der Waals surface area contributed by atoms with Gasteiger partial charge in [-0.25, -0.2) is 0 Å². The zero-order chi connectivity index (χ0) is 11.9. The summed E-state index contributed by atoms with van der Waals surface area (Å²) in [6, 6.07) is 0. The van der Waals surface area contributed by atoms with Crippen LogP contribution < -0.4 is 0 Å². The van der Waals surface area contributed by atoms with E-state index in [2.05, 4.69) is 47.6 Å². The highest BCUT2D eigenvalue weighted by atomic mass is 14.2. The Hall–Kier alpha value is -0.260. The van der Waals surface area contributed by atoms with E-state index in [9.17, 15) is 0 Å². The van der Waals surface area contributed by atoms with Crippen LogP contribution in [0.2, 0.25) is 0 Å². The Labute approximate surface area is 97.2 Å². The third kappa shape index (κ3) is 6.76. The van der Waals surface area contributed by atoms with Crippen LogP contribution in [0.1, 0.15) is 73.6 Å². The zero-order valence-electron chi connectivity index (χ0n) is 11.7. The van der Waals surface area contributed by atoms with Gasteiger partial charge in [0.2, 0.25) is 0 Å². The van der Waals surface area contributed by atoms with Crippen molar-refractivity contribution in [2.24, 2.45) is 11.3 Å². The van der Waals surface area contributed by atoms with E-state index in [1.54, 1.807) is 5.57 Å². The quantitative estimate of drug-likeness (QED) is 0.481. The molecule has 0 aromatic carbocycles. The Bertz CT molecular complexity index is 188. The van der Waals surface area contributed by atoms with Crippen molar-refractivity contribution in [2.45, 2.75) is 73.6 Å². The van der Waals surface area contributed by atoms with Gasteiger partial charge in [-0.1, -0.05) is 59.1 Å². The van der Waals surface area contributed by atoms with E-state index in [1.807, 2.05) is 0 Å². The van der Waals surface area contributed by atoms with Crippen LogP contribution in [0, 0.1) is 11.3 Å². The van der Waals surface area contributed by atoms with Crippen molar-refractivity contribution in [2.75, 3.05) is 0 Å². The molecule has 0 heteroatoms. The van der Waals surface area contributed by atoms with Crippen LogP contribution >= 0.6 is 0 Å². The van der Waals surface area contributed by atoms with Gasteiger partial charge in [0.25, 0.3) is 0 Å². The first-order valence-electron chi connectivity index (χ1n) is 6.59. The van der Waals surface area contributed by atoms with Gasteiger partial charge in [0.05, 0.1) is 0 Å². The van der Waals surface area contributed by atoms with E-state index in [-0.39, 0.29) is 0 Å². The van der Waals surface area contributed by atoms with Crippen LogP contribution in [0.25, 0.3) is 0 Å². The van der Waals surface area contributed by atoms with E-state index in [0.29, 0.717) is 5.41 Å². The van der Waals surface area contributed by atoms with Crippen molar-refractivity contribution in [1.82, 2.24) is 0 Å². The summed E-state index contributed by atoms with van der Waals surface area (Å²) in [5.41, 5.74) is 2.10. The molecule has 0 aromatic rings. The van der Waals surface area contributed by atoms with Gasteiger partial charge in [-0.2, -0.15) is 0 Å². The van der Waals surface area contributed by atoms with Crippen LogP contribution in [0.4, 0.5) is 0 Å². The second-order valence-electron chi connectivity index (χ2n) is 5.77. The average molecular weight is 210 g/mol. The largest absolute Gasteiger partial charge is 0.0851 e. The Kier molecular flexibility index (Phi) is 6.96. The number of hydrogen-bond acceptors (Lipinski definition) is 0. The normalized spacial score (nSPS) is 16.9. The first-order valence-corrected chi connectivity index (χ1v) is 6.59. The first-order chi connectivity index (χ1) is 6.93. The molecule has 15 heavy (non-hydrogen) atoms. The molecular formula is C15H30. The maximum Gasteiger partial charge on any atom is -0.0294 e. The second-order valence-corrected chi connectivity index (χ2v) is 5.77. The third-order valence-electron chi connectivity index (χ3n) is 3.38. The van der Waals surface area contributed by atoms with Crippen LogP contribution in [0.15, 0.2) is 11.6 Å². The summed E-state index contributed by atoms with van der Waals surface area (Å²) in [5, 5.41) is 0. The third-order valence-corrected chi connectivity index (χ3v) is 3.38. The molecule has 0 radical (unpaired) electrons. The standard InChI is InChI=1S/C15H30/c1-7-10-15(6,8-2)11-9-14(5)12-13(3)4/h9,13H,7-8,10-12H2,1-6H3. The van der Waals surface area contributed by atoms with Gasteiger partial charge in [-0.15, -0.1) is 0 Å². The maximum absolute atomic E-state index is 2.47. The fourth-order valence-electron chi connectivity index (χ4n) is 2.17. The maximum atomic E-state index is 2.47.